The summed E-state index contributed by atoms with van der Waals surface area (Å²) in [6.07, 6.45) is 0.804. The minimum atomic E-state index is -1.16. The van der Waals surface area contributed by atoms with Crippen molar-refractivity contribution in [3.05, 3.63) is 47.5 Å². The van der Waals surface area contributed by atoms with Crippen LogP contribution in [0.25, 0.3) is 5.69 Å². The second-order valence-corrected chi connectivity index (χ2v) is 5.02. The van der Waals surface area contributed by atoms with E-state index in [9.17, 15) is 14.0 Å². The largest absolute Gasteiger partial charge is 0.479 e. The van der Waals surface area contributed by atoms with Crippen LogP contribution in [0.5, 0.6) is 0 Å². The lowest BCUT2D eigenvalue weighted by Gasteiger charge is -2.12. The molecule has 1 aromatic heterocycles. The average molecular weight is 335 g/mol. The maximum absolute atomic E-state index is 13.0. The Morgan fingerprint density at radius 3 is 2.58 bits per heavy atom. The fraction of sp³-hybridized carbons (Fsp3) is 0.312. The number of nitrogens with zero attached hydrogens (tertiary/aromatic N) is 2. The summed E-state index contributed by atoms with van der Waals surface area (Å²) in [6.45, 7) is 1.71. The van der Waals surface area contributed by atoms with E-state index in [1.165, 1.54) is 25.4 Å². The summed E-state index contributed by atoms with van der Waals surface area (Å²) in [7, 11) is 1.26. The third-order valence-electron chi connectivity index (χ3n) is 3.53. The number of aromatic nitrogens is 2. The van der Waals surface area contributed by atoms with Crippen LogP contribution < -0.4 is 5.32 Å². The summed E-state index contributed by atoms with van der Waals surface area (Å²) in [5.41, 5.74) is 1.61. The second-order valence-electron chi connectivity index (χ2n) is 5.02. The van der Waals surface area contributed by atoms with Gasteiger partial charge in [0, 0.05) is 7.11 Å². The minimum Gasteiger partial charge on any atom is -0.479 e. The van der Waals surface area contributed by atoms with E-state index in [2.05, 4.69) is 10.4 Å². The topological polar surface area (TPSA) is 93.4 Å². The van der Waals surface area contributed by atoms with E-state index in [-0.39, 0.29) is 12.4 Å². The number of aliphatic carboxylic acids is 1. The summed E-state index contributed by atoms with van der Waals surface area (Å²) < 4.78 is 19.4. The summed E-state index contributed by atoms with van der Waals surface area (Å²) in [6, 6.07) is 5.75. The molecule has 128 valence electrons. The number of nitrogens with one attached hydrogen (secondary N) is 1. The molecule has 2 rings (SSSR count). The normalized spacial score (nSPS) is 12.0. The van der Waals surface area contributed by atoms with E-state index in [1.807, 2.05) is 6.92 Å². The Labute approximate surface area is 138 Å². The molecule has 8 heteroatoms. The van der Waals surface area contributed by atoms with Crippen LogP contribution in [0, 0.1) is 5.82 Å². The molecule has 0 radical (unpaired) electrons. The van der Waals surface area contributed by atoms with Crippen LogP contribution in [0.15, 0.2) is 30.5 Å². The Morgan fingerprint density at radius 1 is 1.38 bits per heavy atom. The van der Waals surface area contributed by atoms with Gasteiger partial charge < -0.3 is 15.2 Å². The number of hydrogen-bond acceptors (Lipinski definition) is 4. The SMILES string of the molecule is CCc1c(C(=O)NCC(OC)C(=O)O)cnn1-c1ccc(F)cc1. The van der Waals surface area contributed by atoms with Gasteiger partial charge in [-0.25, -0.2) is 13.9 Å². The fourth-order valence-electron chi connectivity index (χ4n) is 2.26. The van der Waals surface area contributed by atoms with Crippen molar-refractivity contribution >= 4 is 11.9 Å². The summed E-state index contributed by atoms with van der Waals surface area (Å²) in [5, 5.41) is 15.6. The Kier molecular flexibility index (Phi) is 5.64. The van der Waals surface area contributed by atoms with Crippen molar-refractivity contribution in [3.8, 4) is 5.69 Å². The van der Waals surface area contributed by atoms with Crippen LogP contribution in [0.3, 0.4) is 0 Å². The standard InChI is InChI=1S/C16H18FN3O4/c1-3-13-12(15(21)18-9-14(24-2)16(22)23)8-19-20(13)11-6-4-10(17)5-7-11/h4-8,14H,3,9H2,1-2H3,(H,18,21)(H,22,23). The maximum Gasteiger partial charge on any atom is 0.334 e. The summed E-state index contributed by atoms with van der Waals surface area (Å²) in [5.74, 6) is -1.96. The molecule has 1 atom stereocenters. The highest BCUT2D eigenvalue weighted by Gasteiger charge is 2.21. The minimum absolute atomic E-state index is 0.157. The number of halogens is 1. The Balaban J connectivity index is 2.20. The van der Waals surface area contributed by atoms with Crippen LogP contribution >= 0.6 is 0 Å². The predicted molar refractivity (Wildman–Crippen MR) is 83.7 cm³/mol. The maximum atomic E-state index is 13.0. The third kappa shape index (κ3) is 3.77. The fourth-order valence-corrected chi connectivity index (χ4v) is 2.26. The van der Waals surface area contributed by atoms with E-state index < -0.39 is 18.0 Å². The van der Waals surface area contributed by atoms with E-state index in [1.54, 1.807) is 16.8 Å². The molecule has 0 aliphatic heterocycles. The monoisotopic (exact) mass is 335 g/mol. The zero-order valence-corrected chi connectivity index (χ0v) is 13.3. The average Bonchev–Trinajstić information content (AvgIpc) is 2.99. The van der Waals surface area contributed by atoms with Gasteiger partial charge in [0.2, 0.25) is 0 Å². The van der Waals surface area contributed by atoms with Crippen molar-refractivity contribution in [2.24, 2.45) is 0 Å². The number of benzene rings is 1. The number of methoxy groups -OCH3 is 1. The predicted octanol–water partition coefficient (Wildman–Crippen LogP) is 1.40. The molecule has 2 N–H and O–H groups in total. The van der Waals surface area contributed by atoms with Gasteiger partial charge >= 0.3 is 5.97 Å². The van der Waals surface area contributed by atoms with Gasteiger partial charge in [0.25, 0.3) is 5.91 Å². The lowest BCUT2D eigenvalue weighted by molar-refractivity contribution is -0.148. The van der Waals surface area contributed by atoms with Gasteiger partial charge in [0.15, 0.2) is 6.10 Å². The van der Waals surface area contributed by atoms with Crippen LogP contribution in [-0.4, -0.2) is 46.5 Å². The number of hydrogen-bond donors (Lipinski definition) is 2. The number of carboxylic acid groups (broad SMARTS) is 1. The van der Waals surface area contributed by atoms with Gasteiger partial charge in [-0.15, -0.1) is 0 Å². The molecular formula is C16H18FN3O4. The molecule has 0 saturated heterocycles. The zero-order chi connectivity index (χ0) is 17.7. The van der Waals surface area contributed by atoms with E-state index in [0.29, 0.717) is 23.4 Å². The van der Waals surface area contributed by atoms with Crippen LogP contribution in [0.4, 0.5) is 4.39 Å². The van der Waals surface area contributed by atoms with Gasteiger partial charge in [-0.2, -0.15) is 5.10 Å². The molecule has 0 fully saturated rings. The van der Waals surface area contributed by atoms with Crippen LogP contribution in [-0.2, 0) is 16.0 Å². The van der Waals surface area contributed by atoms with Gasteiger partial charge in [-0.05, 0) is 30.7 Å². The highest BCUT2D eigenvalue weighted by Crippen LogP contribution is 2.16. The number of carboxylic acids is 1. The number of ether oxygens (including phenoxy) is 1. The molecule has 1 unspecified atom stereocenters. The first-order valence-corrected chi connectivity index (χ1v) is 7.34. The number of rotatable bonds is 7. The molecule has 0 bridgehead atoms. The van der Waals surface area contributed by atoms with Gasteiger partial charge in [-0.1, -0.05) is 6.92 Å². The van der Waals surface area contributed by atoms with Crippen molar-refractivity contribution in [3.63, 3.8) is 0 Å². The molecule has 0 aliphatic carbocycles. The van der Waals surface area contributed by atoms with Crippen LogP contribution in [0.1, 0.15) is 23.0 Å². The van der Waals surface area contributed by atoms with Crippen molar-refractivity contribution in [2.75, 3.05) is 13.7 Å². The lowest BCUT2D eigenvalue weighted by Crippen LogP contribution is -2.38. The first kappa shape index (κ1) is 17.6. The van der Waals surface area contributed by atoms with Crippen molar-refractivity contribution < 1.29 is 23.8 Å². The molecule has 0 aliphatic rings. The molecule has 2 aromatic rings. The Bertz CT molecular complexity index is 727. The summed E-state index contributed by atoms with van der Waals surface area (Å²) in [4.78, 5) is 23.2. The number of carbonyl (C=O) groups is 2. The Hall–Kier alpha value is -2.74. The highest BCUT2D eigenvalue weighted by molar-refractivity contribution is 5.95. The summed E-state index contributed by atoms with van der Waals surface area (Å²) >= 11 is 0. The van der Waals surface area contributed by atoms with Gasteiger partial charge in [-0.3, -0.25) is 4.79 Å². The number of carbonyl (C=O) groups excluding carboxylic acids is 1. The van der Waals surface area contributed by atoms with Crippen molar-refractivity contribution in [1.29, 1.82) is 0 Å². The third-order valence-corrected chi connectivity index (χ3v) is 3.53. The number of amides is 1. The van der Waals surface area contributed by atoms with E-state index in [0.717, 1.165) is 0 Å². The first-order valence-electron chi connectivity index (χ1n) is 7.34. The highest BCUT2D eigenvalue weighted by atomic mass is 19.1. The molecule has 1 heterocycles. The Morgan fingerprint density at radius 2 is 2.04 bits per heavy atom. The van der Waals surface area contributed by atoms with E-state index in [4.69, 9.17) is 9.84 Å². The first-order chi connectivity index (χ1) is 11.5. The van der Waals surface area contributed by atoms with Crippen LogP contribution in [0.2, 0.25) is 0 Å². The molecule has 0 spiro atoms. The smallest absolute Gasteiger partial charge is 0.334 e. The van der Waals surface area contributed by atoms with Gasteiger partial charge in [0.05, 0.1) is 29.7 Å². The van der Waals surface area contributed by atoms with Gasteiger partial charge in [0.1, 0.15) is 5.82 Å². The lowest BCUT2D eigenvalue weighted by atomic mass is 10.2. The zero-order valence-electron chi connectivity index (χ0n) is 13.3. The molecule has 0 saturated carbocycles. The molecular weight excluding hydrogens is 317 g/mol. The second kappa shape index (κ2) is 7.69. The quantitative estimate of drug-likeness (QED) is 0.798. The van der Waals surface area contributed by atoms with Crippen molar-refractivity contribution in [2.45, 2.75) is 19.4 Å². The molecule has 24 heavy (non-hydrogen) atoms. The molecule has 1 amide bonds. The van der Waals surface area contributed by atoms with E-state index >= 15 is 0 Å². The molecule has 7 nitrogen and oxygen atoms in total. The molecule has 1 aromatic carbocycles. The van der Waals surface area contributed by atoms with Crippen molar-refractivity contribution in [1.82, 2.24) is 15.1 Å².